The molecule has 4 heteroatoms. The summed E-state index contributed by atoms with van der Waals surface area (Å²) >= 11 is 1.52. The van der Waals surface area contributed by atoms with Crippen molar-refractivity contribution < 1.29 is 14.3 Å². The highest BCUT2D eigenvalue weighted by Crippen LogP contribution is 2.16. The van der Waals surface area contributed by atoms with E-state index in [0.29, 0.717) is 12.2 Å². The van der Waals surface area contributed by atoms with Gasteiger partial charge in [-0.1, -0.05) is 18.2 Å². The van der Waals surface area contributed by atoms with Crippen molar-refractivity contribution in [2.45, 2.75) is 19.3 Å². The number of benzene rings is 1. The van der Waals surface area contributed by atoms with Crippen molar-refractivity contribution in [1.82, 2.24) is 0 Å². The molecule has 1 aromatic heterocycles. The van der Waals surface area contributed by atoms with Crippen molar-refractivity contribution in [1.29, 1.82) is 0 Å². The van der Waals surface area contributed by atoms with Crippen LogP contribution >= 0.6 is 11.3 Å². The fraction of sp³-hybridized carbons (Fsp3) is 0.250. The first-order valence-corrected chi connectivity index (χ1v) is 7.37. The molecule has 0 spiro atoms. The van der Waals surface area contributed by atoms with Crippen LogP contribution in [-0.2, 0) is 11.2 Å². The van der Waals surface area contributed by atoms with Crippen molar-refractivity contribution in [3.8, 4) is 0 Å². The third-order valence-corrected chi connectivity index (χ3v) is 3.93. The number of rotatable bonds is 7. The molecule has 2 rings (SSSR count). The van der Waals surface area contributed by atoms with Crippen molar-refractivity contribution in [3.63, 3.8) is 0 Å². The van der Waals surface area contributed by atoms with Crippen LogP contribution < -0.4 is 0 Å². The Morgan fingerprint density at radius 1 is 1.10 bits per heavy atom. The van der Waals surface area contributed by atoms with Gasteiger partial charge in [-0.05, 0) is 43.5 Å². The Morgan fingerprint density at radius 2 is 1.90 bits per heavy atom. The highest BCUT2D eigenvalue weighted by molar-refractivity contribution is 7.13. The largest absolute Gasteiger partial charge is 0.462 e. The third-order valence-electron chi connectivity index (χ3n) is 2.86. The van der Waals surface area contributed by atoms with Crippen LogP contribution in [0.1, 0.15) is 37.7 Å². The number of aldehydes is 1. The van der Waals surface area contributed by atoms with Crippen molar-refractivity contribution in [2.75, 3.05) is 6.61 Å². The first kappa shape index (κ1) is 14.5. The van der Waals surface area contributed by atoms with Gasteiger partial charge < -0.3 is 4.74 Å². The van der Waals surface area contributed by atoms with Crippen LogP contribution in [0, 0.1) is 0 Å². The van der Waals surface area contributed by atoms with Gasteiger partial charge in [-0.3, -0.25) is 4.79 Å². The normalized spacial score (nSPS) is 10.2. The minimum Gasteiger partial charge on any atom is -0.462 e. The molecule has 1 heterocycles. The number of esters is 1. The molecule has 0 amide bonds. The van der Waals surface area contributed by atoms with Crippen LogP contribution in [0.3, 0.4) is 0 Å². The lowest BCUT2D eigenvalue weighted by atomic mass is 10.2. The fourth-order valence-corrected chi connectivity index (χ4v) is 2.69. The molecule has 2 aromatic rings. The van der Waals surface area contributed by atoms with Gasteiger partial charge in [0.1, 0.15) is 0 Å². The molecule has 1 aromatic carbocycles. The maximum Gasteiger partial charge on any atom is 0.338 e. The molecule has 104 valence electrons. The lowest BCUT2D eigenvalue weighted by Gasteiger charge is -2.04. The number of hydrogen-bond acceptors (Lipinski definition) is 4. The Hall–Kier alpha value is -1.94. The molecule has 3 nitrogen and oxygen atoms in total. The molecule has 0 aliphatic rings. The number of carbonyl (C=O) groups is 2. The molecule has 0 unspecified atom stereocenters. The predicted octanol–water partition coefficient (Wildman–Crippen LogP) is 3.74. The van der Waals surface area contributed by atoms with E-state index < -0.39 is 0 Å². The lowest BCUT2D eigenvalue weighted by Crippen LogP contribution is -2.06. The van der Waals surface area contributed by atoms with Gasteiger partial charge in [0.05, 0.1) is 17.0 Å². The van der Waals surface area contributed by atoms with E-state index in [1.807, 2.05) is 30.3 Å². The maximum atomic E-state index is 11.7. The van der Waals surface area contributed by atoms with E-state index in [4.69, 9.17) is 4.74 Å². The van der Waals surface area contributed by atoms with E-state index >= 15 is 0 Å². The predicted molar refractivity (Wildman–Crippen MR) is 79.4 cm³/mol. The Labute approximate surface area is 122 Å². The molecule has 0 N–H and O–H groups in total. The second-order valence-electron chi connectivity index (χ2n) is 4.38. The number of carbonyl (C=O) groups excluding carboxylic acids is 2. The summed E-state index contributed by atoms with van der Waals surface area (Å²) in [5.74, 6) is -0.273. The van der Waals surface area contributed by atoms with Crippen LogP contribution in [-0.4, -0.2) is 18.9 Å². The van der Waals surface area contributed by atoms with E-state index in [2.05, 4.69) is 0 Å². The van der Waals surface area contributed by atoms with E-state index in [1.54, 1.807) is 12.1 Å². The van der Waals surface area contributed by atoms with Crippen LogP contribution in [0.2, 0.25) is 0 Å². The Balaban J connectivity index is 1.64. The summed E-state index contributed by atoms with van der Waals surface area (Å²) < 4.78 is 5.20. The van der Waals surface area contributed by atoms with Gasteiger partial charge in [-0.2, -0.15) is 0 Å². The molecule has 0 bridgehead atoms. The molecule has 0 aliphatic heterocycles. The fourth-order valence-electron chi connectivity index (χ4n) is 1.82. The van der Waals surface area contributed by atoms with Gasteiger partial charge in [0.25, 0.3) is 0 Å². The van der Waals surface area contributed by atoms with Gasteiger partial charge in [-0.15, -0.1) is 11.3 Å². The average molecular weight is 288 g/mol. The molecule has 0 atom stereocenters. The molecule has 0 fully saturated rings. The molecule has 0 saturated carbocycles. The SMILES string of the molecule is O=Cc1ccc(CCCCOC(=O)c2ccccc2)s1. The van der Waals surface area contributed by atoms with Crippen LogP contribution in [0.5, 0.6) is 0 Å². The zero-order chi connectivity index (χ0) is 14.2. The summed E-state index contributed by atoms with van der Waals surface area (Å²) in [6, 6.07) is 12.8. The Morgan fingerprint density at radius 3 is 2.60 bits per heavy atom. The van der Waals surface area contributed by atoms with Gasteiger partial charge in [0.2, 0.25) is 0 Å². The molecular formula is C16H16O3S. The highest BCUT2D eigenvalue weighted by atomic mass is 32.1. The summed E-state index contributed by atoms with van der Waals surface area (Å²) in [7, 11) is 0. The summed E-state index contributed by atoms with van der Waals surface area (Å²) in [5, 5.41) is 0. The van der Waals surface area contributed by atoms with Crippen molar-refractivity contribution >= 4 is 23.6 Å². The summed E-state index contributed by atoms with van der Waals surface area (Å²) in [5.41, 5.74) is 0.585. The van der Waals surface area contributed by atoms with E-state index in [-0.39, 0.29) is 5.97 Å². The minimum absolute atomic E-state index is 0.273. The van der Waals surface area contributed by atoms with Crippen LogP contribution in [0.25, 0.3) is 0 Å². The molecule has 0 aliphatic carbocycles. The zero-order valence-corrected chi connectivity index (χ0v) is 11.9. The smallest absolute Gasteiger partial charge is 0.338 e. The Bertz CT molecular complexity index is 560. The van der Waals surface area contributed by atoms with Crippen molar-refractivity contribution in [3.05, 3.63) is 57.8 Å². The molecule has 0 saturated heterocycles. The van der Waals surface area contributed by atoms with Crippen molar-refractivity contribution in [2.24, 2.45) is 0 Å². The van der Waals surface area contributed by atoms with Gasteiger partial charge in [0, 0.05) is 4.88 Å². The first-order valence-electron chi connectivity index (χ1n) is 6.55. The van der Waals surface area contributed by atoms with Crippen LogP contribution in [0.15, 0.2) is 42.5 Å². The lowest BCUT2D eigenvalue weighted by molar-refractivity contribution is 0.0498. The monoisotopic (exact) mass is 288 g/mol. The van der Waals surface area contributed by atoms with Gasteiger partial charge in [-0.25, -0.2) is 4.79 Å². The average Bonchev–Trinajstić information content (AvgIpc) is 2.95. The second-order valence-corrected chi connectivity index (χ2v) is 5.58. The number of ether oxygens (including phenoxy) is 1. The van der Waals surface area contributed by atoms with Gasteiger partial charge >= 0.3 is 5.97 Å². The zero-order valence-electron chi connectivity index (χ0n) is 11.1. The maximum absolute atomic E-state index is 11.7. The van der Waals surface area contributed by atoms with E-state index in [1.165, 1.54) is 16.2 Å². The molecule has 20 heavy (non-hydrogen) atoms. The van der Waals surface area contributed by atoms with E-state index in [0.717, 1.165) is 30.4 Å². The number of unbranched alkanes of at least 4 members (excludes halogenated alkanes) is 1. The highest BCUT2D eigenvalue weighted by Gasteiger charge is 2.05. The first-order chi connectivity index (χ1) is 9.79. The third kappa shape index (κ3) is 4.31. The molecule has 0 radical (unpaired) electrons. The summed E-state index contributed by atoms with van der Waals surface area (Å²) in [4.78, 5) is 24.2. The standard InChI is InChI=1S/C16H16O3S/c17-12-15-10-9-14(20-15)8-4-5-11-19-16(18)13-6-2-1-3-7-13/h1-3,6-7,9-10,12H,4-5,8,11H2. The van der Waals surface area contributed by atoms with Gasteiger partial charge in [0.15, 0.2) is 6.29 Å². The van der Waals surface area contributed by atoms with E-state index in [9.17, 15) is 9.59 Å². The van der Waals surface area contributed by atoms with Crippen LogP contribution in [0.4, 0.5) is 0 Å². The topological polar surface area (TPSA) is 43.4 Å². The quantitative estimate of drug-likeness (QED) is 0.443. The number of aryl methyl sites for hydroxylation is 1. The second kappa shape index (κ2) is 7.60. The number of hydrogen-bond donors (Lipinski definition) is 0. The number of thiophene rings is 1. The summed E-state index contributed by atoms with van der Waals surface area (Å²) in [6.07, 6.45) is 3.56. The Kier molecular flexibility index (Phi) is 5.50. The minimum atomic E-state index is -0.273. The summed E-state index contributed by atoms with van der Waals surface area (Å²) in [6.45, 7) is 0.430. The molecular weight excluding hydrogens is 272 g/mol.